The van der Waals surface area contributed by atoms with Gasteiger partial charge < -0.3 is 5.32 Å². The smallest absolute Gasteiger partial charge is 0.226 e. The summed E-state index contributed by atoms with van der Waals surface area (Å²) in [6, 6.07) is 9.38. The molecule has 0 aliphatic heterocycles. The predicted molar refractivity (Wildman–Crippen MR) is 89.2 cm³/mol. The molecule has 0 radical (unpaired) electrons. The van der Waals surface area contributed by atoms with E-state index in [1.54, 1.807) is 6.20 Å². The number of unbranched alkanes of at least 4 members (excludes halogenated alkanes) is 3. The van der Waals surface area contributed by atoms with Gasteiger partial charge in [0, 0.05) is 30.0 Å². The summed E-state index contributed by atoms with van der Waals surface area (Å²) in [6.45, 7) is 0. The van der Waals surface area contributed by atoms with Gasteiger partial charge in [-0.25, -0.2) is 4.98 Å². The Labute approximate surface area is 134 Å². The van der Waals surface area contributed by atoms with Crippen molar-refractivity contribution in [3.8, 4) is 0 Å². The Balaban J connectivity index is 1.52. The maximum absolute atomic E-state index is 11.9. The first-order valence-corrected chi connectivity index (χ1v) is 8.41. The van der Waals surface area contributed by atoms with Crippen LogP contribution in [0.3, 0.4) is 0 Å². The fraction of sp³-hybridized carbons (Fsp3) is 0.353. The molecule has 22 heavy (non-hydrogen) atoms. The van der Waals surface area contributed by atoms with Crippen molar-refractivity contribution in [2.45, 2.75) is 38.5 Å². The number of carbonyl (C=O) groups excluding carboxylic acids is 2. The van der Waals surface area contributed by atoms with Gasteiger partial charge in [-0.05, 0) is 12.8 Å². The molecule has 1 aromatic carbocycles. The second-order valence-corrected chi connectivity index (χ2v) is 5.98. The summed E-state index contributed by atoms with van der Waals surface area (Å²) >= 11 is 1.42. The maximum atomic E-state index is 11.9. The van der Waals surface area contributed by atoms with E-state index in [0.29, 0.717) is 18.0 Å². The number of hydrogen-bond acceptors (Lipinski definition) is 4. The van der Waals surface area contributed by atoms with Gasteiger partial charge in [-0.3, -0.25) is 9.59 Å². The fourth-order valence-corrected chi connectivity index (χ4v) is 2.71. The number of nitrogens with zero attached hydrogens (tertiary/aromatic N) is 1. The number of hydrogen-bond donors (Lipinski definition) is 1. The summed E-state index contributed by atoms with van der Waals surface area (Å²) in [4.78, 5) is 27.5. The summed E-state index contributed by atoms with van der Waals surface area (Å²) in [5.74, 6) is 0.206. The highest BCUT2D eigenvalue weighted by Crippen LogP contribution is 2.13. The standard InChI is InChI=1S/C17H20N2O2S/c20-15(14-8-4-3-5-9-14)10-6-1-2-7-11-16(21)19-17-18-12-13-22-17/h3-5,8-9,12-13H,1-2,6-7,10-11H2,(H,18,19,21). The first kappa shape index (κ1) is 16.4. The van der Waals surface area contributed by atoms with Crippen molar-refractivity contribution in [2.24, 2.45) is 0 Å². The first-order valence-electron chi connectivity index (χ1n) is 7.53. The van der Waals surface area contributed by atoms with Gasteiger partial charge in [0.1, 0.15) is 0 Å². The zero-order valence-corrected chi connectivity index (χ0v) is 13.3. The third-order valence-corrected chi connectivity index (χ3v) is 4.02. The first-order chi connectivity index (χ1) is 10.8. The van der Waals surface area contributed by atoms with Crippen molar-refractivity contribution in [1.29, 1.82) is 0 Å². The summed E-state index contributed by atoms with van der Waals surface area (Å²) in [5.41, 5.74) is 0.783. The van der Waals surface area contributed by atoms with Gasteiger partial charge in [0.2, 0.25) is 5.91 Å². The molecule has 5 heteroatoms. The minimum absolute atomic E-state index is 0.00955. The highest BCUT2D eigenvalue weighted by atomic mass is 32.1. The van der Waals surface area contributed by atoms with Crippen LogP contribution < -0.4 is 5.32 Å². The quantitative estimate of drug-likeness (QED) is 0.554. The maximum Gasteiger partial charge on any atom is 0.226 e. The van der Waals surface area contributed by atoms with Crippen molar-refractivity contribution in [3.05, 3.63) is 47.5 Å². The topological polar surface area (TPSA) is 59.1 Å². The summed E-state index contributed by atoms with van der Waals surface area (Å²) < 4.78 is 0. The Morgan fingerprint density at radius 2 is 1.73 bits per heavy atom. The number of ketones is 1. The molecule has 0 saturated heterocycles. The molecular formula is C17H20N2O2S. The van der Waals surface area contributed by atoms with Crippen molar-refractivity contribution in [2.75, 3.05) is 5.32 Å². The molecule has 0 unspecified atom stereocenters. The number of rotatable bonds is 9. The minimum Gasteiger partial charge on any atom is -0.302 e. The Morgan fingerprint density at radius 3 is 2.41 bits per heavy atom. The van der Waals surface area contributed by atoms with E-state index in [2.05, 4.69) is 10.3 Å². The molecule has 1 N–H and O–H groups in total. The monoisotopic (exact) mass is 316 g/mol. The summed E-state index contributed by atoms with van der Waals surface area (Å²) in [7, 11) is 0. The van der Waals surface area contributed by atoms with E-state index >= 15 is 0 Å². The van der Waals surface area contributed by atoms with Crippen LogP contribution in [0.2, 0.25) is 0 Å². The molecule has 0 spiro atoms. The lowest BCUT2D eigenvalue weighted by atomic mass is 10.0. The van der Waals surface area contributed by atoms with E-state index in [4.69, 9.17) is 0 Å². The van der Waals surface area contributed by atoms with E-state index in [0.717, 1.165) is 31.2 Å². The molecule has 0 bridgehead atoms. The summed E-state index contributed by atoms with van der Waals surface area (Å²) in [5, 5.41) is 5.25. The van der Waals surface area contributed by atoms with Crippen LogP contribution in [-0.4, -0.2) is 16.7 Å². The van der Waals surface area contributed by atoms with Crippen LogP contribution in [-0.2, 0) is 4.79 Å². The second kappa shape index (κ2) is 9.10. The van der Waals surface area contributed by atoms with Gasteiger partial charge in [0.15, 0.2) is 10.9 Å². The number of Topliss-reactive ketones (excluding diaryl/α,β-unsaturated/α-hetero) is 1. The minimum atomic E-state index is 0.00955. The van der Waals surface area contributed by atoms with Gasteiger partial charge >= 0.3 is 0 Å². The van der Waals surface area contributed by atoms with Crippen LogP contribution in [0.4, 0.5) is 5.13 Å². The molecule has 0 aliphatic carbocycles. The van der Waals surface area contributed by atoms with Crippen LogP contribution in [0.15, 0.2) is 41.9 Å². The SMILES string of the molecule is O=C(CCCCCCC(=O)c1ccccc1)Nc1nccs1. The van der Waals surface area contributed by atoms with Crippen LogP contribution in [0, 0.1) is 0 Å². The highest BCUT2D eigenvalue weighted by molar-refractivity contribution is 7.13. The van der Waals surface area contributed by atoms with Crippen LogP contribution >= 0.6 is 11.3 Å². The fourth-order valence-electron chi connectivity index (χ4n) is 2.16. The Bertz CT molecular complexity index is 582. The Kier molecular flexibility index (Phi) is 6.77. The number of nitrogens with one attached hydrogen (secondary N) is 1. The lowest BCUT2D eigenvalue weighted by Crippen LogP contribution is -2.10. The van der Waals surface area contributed by atoms with Gasteiger partial charge in [-0.15, -0.1) is 11.3 Å². The number of thiazole rings is 1. The zero-order chi connectivity index (χ0) is 15.6. The largest absolute Gasteiger partial charge is 0.302 e. The predicted octanol–water partition coefficient (Wildman–Crippen LogP) is 4.31. The molecule has 0 atom stereocenters. The molecular weight excluding hydrogens is 296 g/mol. The molecule has 1 amide bonds. The lowest BCUT2D eigenvalue weighted by molar-refractivity contribution is -0.116. The third-order valence-electron chi connectivity index (χ3n) is 3.33. The molecule has 0 aliphatic rings. The van der Waals surface area contributed by atoms with Crippen LogP contribution in [0.25, 0.3) is 0 Å². The average molecular weight is 316 g/mol. The van der Waals surface area contributed by atoms with Crippen LogP contribution in [0.5, 0.6) is 0 Å². The van der Waals surface area contributed by atoms with E-state index in [1.165, 1.54) is 11.3 Å². The van der Waals surface area contributed by atoms with E-state index < -0.39 is 0 Å². The lowest BCUT2D eigenvalue weighted by Gasteiger charge is -2.03. The van der Waals surface area contributed by atoms with Crippen molar-refractivity contribution in [1.82, 2.24) is 4.98 Å². The molecule has 4 nitrogen and oxygen atoms in total. The zero-order valence-electron chi connectivity index (χ0n) is 12.5. The molecule has 0 saturated carbocycles. The van der Waals surface area contributed by atoms with Gasteiger partial charge in [-0.1, -0.05) is 43.2 Å². The highest BCUT2D eigenvalue weighted by Gasteiger charge is 2.06. The van der Waals surface area contributed by atoms with E-state index in [-0.39, 0.29) is 11.7 Å². The van der Waals surface area contributed by atoms with Gasteiger partial charge in [0.05, 0.1) is 0 Å². The van der Waals surface area contributed by atoms with Crippen molar-refractivity contribution < 1.29 is 9.59 Å². The Morgan fingerprint density at radius 1 is 1.00 bits per heavy atom. The van der Waals surface area contributed by atoms with E-state index in [9.17, 15) is 9.59 Å². The molecule has 1 aromatic heterocycles. The number of anilines is 1. The molecule has 0 fully saturated rings. The molecule has 2 aromatic rings. The van der Waals surface area contributed by atoms with Crippen molar-refractivity contribution >= 4 is 28.2 Å². The van der Waals surface area contributed by atoms with Crippen LogP contribution in [0.1, 0.15) is 48.9 Å². The number of amides is 1. The number of carbonyl (C=O) groups is 2. The third kappa shape index (κ3) is 5.77. The normalized spacial score (nSPS) is 10.4. The average Bonchev–Trinajstić information content (AvgIpc) is 3.04. The van der Waals surface area contributed by atoms with Gasteiger partial charge in [-0.2, -0.15) is 0 Å². The number of aromatic nitrogens is 1. The molecule has 116 valence electrons. The van der Waals surface area contributed by atoms with Crippen molar-refractivity contribution in [3.63, 3.8) is 0 Å². The molecule has 1 heterocycles. The van der Waals surface area contributed by atoms with E-state index in [1.807, 2.05) is 35.7 Å². The Hall–Kier alpha value is -2.01. The number of benzene rings is 1. The van der Waals surface area contributed by atoms with Gasteiger partial charge in [0.25, 0.3) is 0 Å². The summed E-state index contributed by atoms with van der Waals surface area (Å²) in [6.07, 6.45) is 6.42. The molecule has 2 rings (SSSR count). The second-order valence-electron chi connectivity index (χ2n) is 5.09.